The van der Waals surface area contributed by atoms with Gasteiger partial charge >= 0.3 is 0 Å². The molecule has 0 aliphatic heterocycles. The van der Waals surface area contributed by atoms with E-state index in [1.807, 2.05) is 44.2 Å². The highest BCUT2D eigenvalue weighted by molar-refractivity contribution is 5.90. The van der Waals surface area contributed by atoms with E-state index in [2.05, 4.69) is 26.1 Å². The molecular weight excluding hydrogens is 538 g/mol. The largest absolute Gasteiger partial charge is 0.508 e. The Morgan fingerprint density at radius 1 is 1.07 bits per heavy atom. The van der Waals surface area contributed by atoms with Gasteiger partial charge in [0.05, 0.1) is 6.04 Å². The number of amides is 2. The maximum absolute atomic E-state index is 13.7. The van der Waals surface area contributed by atoms with Gasteiger partial charge in [-0.1, -0.05) is 35.5 Å². The first-order valence-corrected chi connectivity index (χ1v) is 13.9. The van der Waals surface area contributed by atoms with Gasteiger partial charge < -0.3 is 42.8 Å². The van der Waals surface area contributed by atoms with Gasteiger partial charge in [-0.15, -0.1) is 0 Å². The van der Waals surface area contributed by atoms with Gasteiger partial charge in [0.2, 0.25) is 17.7 Å². The average molecular weight is 580 g/mol. The van der Waals surface area contributed by atoms with Crippen LogP contribution in [0.5, 0.6) is 5.75 Å². The molecule has 42 heavy (non-hydrogen) atoms. The normalized spacial score (nSPS) is 13.1. The molecule has 1 heterocycles. The molecule has 0 aliphatic rings. The first kappa shape index (κ1) is 32.0. The number of guanidine groups is 1. The van der Waals surface area contributed by atoms with Crippen molar-refractivity contribution in [2.75, 3.05) is 13.1 Å². The predicted octanol–water partition coefficient (Wildman–Crippen LogP) is 0.807. The summed E-state index contributed by atoms with van der Waals surface area (Å²) >= 11 is 0. The molecule has 3 atom stereocenters. The monoisotopic (exact) mass is 579 g/mol. The molecule has 0 bridgehead atoms. The molecule has 0 saturated heterocycles. The van der Waals surface area contributed by atoms with Gasteiger partial charge in [-0.2, -0.15) is 4.98 Å². The Hall–Kier alpha value is -4.49. The topological polar surface area (TPSA) is 231 Å². The van der Waals surface area contributed by atoms with Crippen LogP contribution < -0.4 is 33.2 Å². The first-order chi connectivity index (χ1) is 20.1. The second kappa shape index (κ2) is 15.5. The zero-order chi connectivity index (χ0) is 30.6. The number of benzene rings is 2. The van der Waals surface area contributed by atoms with E-state index in [1.54, 1.807) is 12.1 Å². The lowest BCUT2D eigenvalue weighted by atomic mass is 9.95. The zero-order valence-electron chi connectivity index (χ0n) is 24.0. The second-order valence-electron chi connectivity index (χ2n) is 10.3. The quantitative estimate of drug-likeness (QED) is 0.0932. The number of aryl methyl sites for hydroxylation is 2. The fraction of sp³-hybridized carbons (Fsp3) is 0.414. The zero-order valence-corrected chi connectivity index (χ0v) is 24.0. The van der Waals surface area contributed by atoms with E-state index >= 15 is 0 Å². The second-order valence-corrected chi connectivity index (χ2v) is 10.3. The van der Waals surface area contributed by atoms with Crippen LogP contribution in [0.25, 0.3) is 0 Å². The Morgan fingerprint density at radius 3 is 2.40 bits per heavy atom. The minimum atomic E-state index is -1.00. The molecule has 3 aromatic rings. The van der Waals surface area contributed by atoms with Gasteiger partial charge in [0.15, 0.2) is 11.8 Å². The van der Waals surface area contributed by atoms with Crippen molar-refractivity contribution in [2.45, 2.75) is 64.1 Å². The Balaban J connectivity index is 1.82. The van der Waals surface area contributed by atoms with Crippen LogP contribution in [0.4, 0.5) is 0 Å². The van der Waals surface area contributed by atoms with Crippen LogP contribution >= 0.6 is 0 Å². The average Bonchev–Trinajstić information content (AvgIpc) is 3.40. The third-order valence-electron chi connectivity index (χ3n) is 6.83. The van der Waals surface area contributed by atoms with Crippen LogP contribution in [0, 0.1) is 19.3 Å². The number of carbonyl (C=O) groups is 2. The molecule has 3 rings (SSSR count). The Labute approximate surface area is 245 Å². The molecule has 0 aliphatic carbocycles. The fourth-order valence-corrected chi connectivity index (χ4v) is 4.59. The van der Waals surface area contributed by atoms with Crippen molar-refractivity contribution in [1.82, 2.24) is 26.1 Å². The smallest absolute Gasteiger partial charge is 0.249 e. The fourth-order valence-electron chi connectivity index (χ4n) is 4.59. The van der Waals surface area contributed by atoms with Crippen molar-refractivity contribution in [3.8, 4) is 5.75 Å². The van der Waals surface area contributed by atoms with E-state index in [0.717, 1.165) is 22.3 Å². The maximum atomic E-state index is 13.7. The lowest BCUT2D eigenvalue weighted by Crippen LogP contribution is -2.53. The number of phenolic OH excluding ortho intramolecular Hbond substituents is 1. The minimum absolute atomic E-state index is 0.114. The number of hydrogen-bond acceptors (Lipinski definition) is 9. The maximum Gasteiger partial charge on any atom is 0.249 e. The number of phenols is 1. The first-order valence-electron chi connectivity index (χ1n) is 13.9. The molecular formula is C29H41N9O4. The molecule has 226 valence electrons. The summed E-state index contributed by atoms with van der Waals surface area (Å²) in [5.74, 6) is -0.381. The van der Waals surface area contributed by atoms with Crippen LogP contribution in [0.3, 0.4) is 0 Å². The number of nitrogens with zero attached hydrogens (tertiary/aromatic N) is 2. The standard InChI is InChI=1S/C29H41N9O4/c1-17-13-20(39)14-18(2)21(17)16-24(36-26(40)22(31)10-12-34-29(32)33)27(41)35-23(9-6-11-30)28-37-25(38-42-28)15-19-7-4-3-5-8-19/h3-5,7-8,13-14,22-24,39H,6,9-12,15-16,30-31H2,1-2H3,(H,35,41)(H,36,40)(H4,32,33,34)/t22-,23+,24+/m1/s1. The van der Waals surface area contributed by atoms with Gasteiger partial charge in [-0.25, -0.2) is 0 Å². The van der Waals surface area contributed by atoms with Crippen molar-refractivity contribution >= 4 is 17.8 Å². The summed E-state index contributed by atoms with van der Waals surface area (Å²) in [6.45, 7) is 4.27. The molecule has 0 saturated carbocycles. The van der Waals surface area contributed by atoms with Crippen LogP contribution in [0.2, 0.25) is 0 Å². The SMILES string of the molecule is Cc1cc(O)cc(C)c1C[C@H](NC(=O)[C@H](N)CCNC(=N)N)C(=O)N[C@@H](CCCN)c1nc(Cc2ccccc2)no1. The van der Waals surface area contributed by atoms with Gasteiger partial charge in [0, 0.05) is 19.4 Å². The number of nitrogens with two attached hydrogens (primary N) is 3. The van der Waals surface area contributed by atoms with Gasteiger partial charge in [0.1, 0.15) is 17.8 Å². The van der Waals surface area contributed by atoms with Crippen LogP contribution in [0.1, 0.15) is 59.3 Å². The third kappa shape index (κ3) is 9.56. The lowest BCUT2D eigenvalue weighted by Gasteiger charge is -2.24. The summed E-state index contributed by atoms with van der Waals surface area (Å²) in [6.07, 6.45) is 1.85. The Bertz CT molecular complexity index is 1320. The predicted molar refractivity (Wildman–Crippen MR) is 158 cm³/mol. The van der Waals surface area contributed by atoms with Gasteiger partial charge in [-0.3, -0.25) is 15.0 Å². The van der Waals surface area contributed by atoms with E-state index in [9.17, 15) is 14.7 Å². The van der Waals surface area contributed by atoms with E-state index in [1.165, 1.54) is 0 Å². The van der Waals surface area contributed by atoms with Crippen molar-refractivity contribution in [3.63, 3.8) is 0 Å². The molecule has 13 nitrogen and oxygen atoms in total. The summed E-state index contributed by atoms with van der Waals surface area (Å²) in [7, 11) is 0. The van der Waals surface area contributed by atoms with Crippen molar-refractivity contribution in [2.24, 2.45) is 17.2 Å². The minimum Gasteiger partial charge on any atom is -0.508 e. The number of hydrogen-bond donors (Lipinski definition) is 8. The lowest BCUT2D eigenvalue weighted by molar-refractivity contribution is -0.130. The van der Waals surface area contributed by atoms with E-state index in [4.69, 9.17) is 27.1 Å². The summed E-state index contributed by atoms with van der Waals surface area (Å²) in [4.78, 5) is 31.3. The number of aromatic nitrogens is 2. The molecule has 0 unspecified atom stereocenters. The molecule has 0 fully saturated rings. The van der Waals surface area contributed by atoms with Gasteiger partial charge in [-0.05, 0) is 74.0 Å². The van der Waals surface area contributed by atoms with Crippen LogP contribution in [-0.4, -0.2) is 58.2 Å². The number of rotatable bonds is 15. The third-order valence-corrected chi connectivity index (χ3v) is 6.83. The van der Waals surface area contributed by atoms with Crippen molar-refractivity contribution in [1.29, 1.82) is 5.41 Å². The number of aromatic hydroxyl groups is 1. The molecule has 2 amide bonds. The van der Waals surface area contributed by atoms with Gasteiger partial charge in [0.25, 0.3) is 0 Å². The van der Waals surface area contributed by atoms with E-state index in [0.29, 0.717) is 31.6 Å². The van der Waals surface area contributed by atoms with Crippen LogP contribution in [0.15, 0.2) is 47.0 Å². The molecule has 0 spiro atoms. The Morgan fingerprint density at radius 2 is 1.76 bits per heavy atom. The highest BCUT2D eigenvalue weighted by Crippen LogP contribution is 2.23. The summed E-state index contributed by atoms with van der Waals surface area (Å²) < 4.78 is 5.54. The van der Waals surface area contributed by atoms with E-state index < -0.39 is 29.9 Å². The van der Waals surface area contributed by atoms with E-state index in [-0.39, 0.29) is 37.0 Å². The molecule has 11 N–H and O–H groups in total. The summed E-state index contributed by atoms with van der Waals surface area (Å²) in [5, 5.41) is 29.7. The van der Waals surface area contributed by atoms with Crippen molar-refractivity contribution in [3.05, 3.63) is 76.4 Å². The Kier molecular flexibility index (Phi) is 11.8. The number of carbonyl (C=O) groups excluding carboxylic acids is 2. The molecule has 2 aromatic carbocycles. The molecule has 1 aromatic heterocycles. The number of nitrogens with one attached hydrogen (secondary N) is 4. The summed E-state index contributed by atoms with van der Waals surface area (Å²) in [6, 6.07) is 10.3. The molecule has 13 heteroatoms. The highest BCUT2D eigenvalue weighted by atomic mass is 16.5. The summed E-state index contributed by atoms with van der Waals surface area (Å²) in [5.41, 5.74) is 20.5. The molecule has 0 radical (unpaired) electrons. The van der Waals surface area contributed by atoms with Crippen molar-refractivity contribution < 1.29 is 19.2 Å². The van der Waals surface area contributed by atoms with Crippen LogP contribution in [-0.2, 0) is 22.4 Å². The highest BCUT2D eigenvalue weighted by Gasteiger charge is 2.29.